The predicted molar refractivity (Wildman–Crippen MR) is 85.5 cm³/mol. The molecule has 0 radical (unpaired) electrons. The first kappa shape index (κ1) is 16.0. The number of nitrogens with zero attached hydrogens (tertiary/aromatic N) is 1. The molecule has 0 aromatic heterocycles. The van der Waals surface area contributed by atoms with E-state index in [-0.39, 0.29) is 5.41 Å². The molecule has 1 saturated heterocycles. The van der Waals surface area contributed by atoms with Gasteiger partial charge in [-0.15, -0.1) is 0 Å². The summed E-state index contributed by atoms with van der Waals surface area (Å²) in [7, 11) is -3.37. The van der Waals surface area contributed by atoms with Crippen LogP contribution in [0.5, 0.6) is 0 Å². The first-order valence-corrected chi connectivity index (χ1v) is 9.26. The Morgan fingerprint density at radius 2 is 1.70 bits per heavy atom. The zero-order valence-corrected chi connectivity index (χ0v) is 14.7. The third-order valence-electron chi connectivity index (χ3n) is 3.73. The topological polar surface area (TPSA) is 37.4 Å². The monoisotopic (exact) mass is 359 g/mol. The fourth-order valence-corrected chi connectivity index (χ4v) is 4.98. The fourth-order valence-electron chi connectivity index (χ4n) is 2.42. The van der Waals surface area contributed by atoms with Gasteiger partial charge in [-0.1, -0.05) is 33.3 Å². The van der Waals surface area contributed by atoms with Gasteiger partial charge in [0.05, 0.1) is 4.90 Å². The van der Waals surface area contributed by atoms with E-state index in [1.165, 1.54) is 0 Å². The van der Waals surface area contributed by atoms with Crippen molar-refractivity contribution in [2.45, 2.75) is 50.3 Å². The molecule has 5 heteroatoms. The van der Waals surface area contributed by atoms with Gasteiger partial charge in [0.25, 0.3) is 0 Å². The third-order valence-corrected chi connectivity index (χ3v) is 6.61. The van der Waals surface area contributed by atoms with E-state index >= 15 is 0 Å². The summed E-state index contributed by atoms with van der Waals surface area (Å²) in [5.41, 5.74) is 1.14. The second-order valence-electron chi connectivity index (χ2n) is 6.36. The van der Waals surface area contributed by atoms with E-state index in [0.717, 1.165) is 24.8 Å². The Balaban J connectivity index is 2.37. The number of benzene rings is 1. The molecule has 1 aliphatic rings. The van der Waals surface area contributed by atoms with Crippen molar-refractivity contribution in [3.63, 3.8) is 0 Å². The zero-order valence-electron chi connectivity index (χ0n) is 12.3. The number of halogens is 1. The molecule has 2 rings (SSSR count). The van der Waals surface area contributed by atoms with Crippen LogP contribution in [0.25, 0.3) is 0 Å². The number of hydrogen-bond donors (Lipinski definition) is 0. The molecular weight excluding hydrogens is 338 g/mol. The minimum atomic E-state index is -3.37. The van der Waals surface area contributed by atoms with Crippen LogP contribution in [-0.2, 0) is 15.4 Å². The van der Waals surface area contributed by atoms with Gasteiger partial charge < -0.3 is 0 Å². The molecule has 1 aromatic rings. The highest BCUT2D eigenvalue weighted by molar-refractivity contribution is 9.10. The molecule has 1 fully saturated rings. The molecule has 0 bridgehead atoms. The Hall–Kier alpha value is -0.390. The standard InChI is InChI=1S/C15H22BrNO2S/c1-15(2,3)12-7-8-14(13(16)11-12)20(18,19)17-9-5-4-6-10-17/h7-8,11H,4-6,9-10H2,1-3H3. The van der Waals surface area contributed by atoms with E-state index in [0.29, 0.717) is 22.5 Å². The molecule has 3 nitrogen and oxygen atoms in total. The van der Waals surface area contributed by atoms with E-state index in [2.05, 4.69) is 36.7 Å². The molecule has 112 valence electrons. The van der Waals surface area contributed by atoms with Gasteiger partial charge in [-0.2, -0.15) is 4.31 Å². The van der Waals surface area contributed by atoms with Crippen LogP contribution in [0.3, 0.4) is 0 Å². The molecule has 0 aliphatic carbocycles. The summed E-state index contributed by atoms with van der Waals surface area (Å²) in [6.45, 7) is 7.63. The minimum Gasteiger partial charge on any atom is -0.207 e. The quantitative estimate of drug-likeness (QED) is 0.802. The van der Waals surface area contributed by atoms with E-state index in [1.807, 2.05) is 12.1 Å². The van der Waals surface area contributed by atoms with Gasteiger partial charge in [0.1, 0.15) is 0 Å². The highest BCUT2D eigenvalue weighted by Crippen LogP contribution is 2.31. The lowest BCUT2D eigenvalue weighted by Gasteiger charge is -2.27. The Morgan fingerprint density at radius 1 is 1.10 bits per heavy atom. The van der Waals surface area contributed by atoms with E-state index < -0.39 is 10.0 Å². The first-order valence-electron chi connectivity index (χ1n) is 7.03. The summed E-state index contributed by atoms with van der Waals surface area (Å²) < 4.78 is 27.6. The molecule has 0 N–H and O–H groups in total. The zero-order chi connectivity index (χ0) is 15.0. The van der Waals surface area contributed by atoms with Crippen molar-refractivity contribution >= 4 is 26.0 Å². The van der Waals surface area contributed by atoms with E-state index in [1.54, 1.807) is 10.4 Å². The van der Waals surface area contributed by atoms with Crippen molar-refractivity contribution in [2.75, 3.05) is 13.1 Å². The summed E-state index contributed by atoms with van der Waals surface area (Å²) >= 11 is 3.44. The summed E-state index contributed by atoms with van der Waals surface area (Å²) in [4.78, 5) is 0.382. The van der Waals surface area contributed by atoms with Crippen LogP contribution in [-0.4, -0.2) is 25.8 Å². The normalized spacial score (nSPS) is 18.2. The Kier molecular flexibility index (Phi) is 4.62. The maximum absolute atomic E-state index is 12.7. The van der Waals surface area contributed by atoms with Gasteiger partial charge in [-0.3, -0.25) is 0 Å². The van der Waals surface area contributed by atoms with Gasteiger partial charge in [0.15, 0.2) is 0 Å². The van der Waals surface area contributed by atoms with Crippen LogP contribution >= 0.6 is 15.9 Å². The fraction of sp³-hybridized carbons (Fsp3) is 0.600. The minimum absolute atomic E-state index is 0.00986. The summed E-state index contributed by atoms with van der Waals surface area (Å²) in [6, 6.07) is 5.58. The molecule has 1 heterocycles. The highest BCUT2D eigenvalue weighted by atomic mass is 79.9. The van der Waals surface area contributed by atoms with Gasteiger partial charge in [0, 0.05) is 17.6 Å². The molecule has 0 atom stereocenters. The predicted octanol–water partition coefficient (Wildman–Crippen LogP) is 3.92. The molecule has 0 amide bonds. The summed E-state index contributed by atoms with van der Waals surface area (Å²) in [5, 5.41) is 0. The van der Waals surface area contributed by atoms with Crippen LogP contribution in [0.1, 0.15) is 45.6 Å². The third kappa shape index (κ3) is 3.26. The van der Waals surface area contributed by atoms with E-state index in [4.69, 9.17) is 0 Å². The number of piperidine rings is 1. The second kappa shape index (κ2) is 5.78. The smallest absolute Gasteiger partial charge is 0.207 e. The molecule has 20 heavy (non-hydrogen) atoms. The molecule has 1 aromatic carbocycles. The van der Waals surface area contributed by atoms with Crippen molar-refractivity contribution in [2.24, 2.45) is 0 Å². The number of sulfonamides is 1. The SMILES string of the molecule is CC(C)(C)c1ccc(S(=O)(=O)N2CCCCC2)c(Br)c1. The molecular formula is C15H22BrNO2S. The van der Waals surface area contributed by atoms with Gasteiger partial charge in [-0.05, 0) is 51.9 Å². The molecule has 0 unspecified atom stereocenters. The lowest BCUT2D eigenvalue weighted by atomic mass is 9.87. The lowest BCUT2D eigenvalue weighted by Crippen LogP contribution is -2.35. The van der Waals surface area contributed by atoms with Crippen LogP contribution < -0.4 is 0 Å². The van der Waals surface area contributed by atoms with Gasteiger partial charge in [-0.25, -0.2) is 8.42 Å². The first-order chi connectivity index (χ1) is 9.23. The van der Waals surface area contributed by atoms with Crippen LogP contribution in [0.2, 0.25) is 0 Å². The molecule has 1 aliphatic heterocycles. The van der Waals surface area contributed by atoms with Crippen LogP contribution in [0.15, 0.2) is 27.6 Å². The van der Waals surface area contributed by atoms with Crippen LogP contribution in [0, 0.1) is 0 Å². The number of rotatable bonds is 2. The molecule has 0 saturated carbocycles. The highest BCUT2D eigenvalue weighted by Gasteiger charge is 2.28. The maximum atomic E-state index is 12.7. The van der Waals surface area contributed by atoms with Crippen molar-refractivity contribution in [1.82, 2.24) is 4.31 Å². The summed E-state index contributed by atoms with van der Waals surface area (Å²) in [6.07, 6.45) is 3.03. The average Bonchev–Trinajstić information content (AvgIpc) is 2.38. The van der Waals surface area contributed by atoms with Gasteiger partial charge >= 0.3 is 0 Å². The summed E-state index contributed by atoms with van der Waals surface area (Å²) in [5.74, 6) is 0. The second-order valence-corrected chi connectivity index (χ2v) is 9.12. The van der Waals surface area contributed by atoms with Crippen molar-refractivity contribution in [3.8, 4) is 0 Å². The Labute approximate surface area is 130 Å². The Morgan fingerprint density at radius 3 is 2.20 bits per heavy atom. The van der Waals surface area contributed by atoms with Crippen molar-refractivity contribution in [3.05, 3.63) is 28.2 Å². The largest absolute Gasteiger partial charge is 0.244 e. The maximum Gasteiger partial charge on any atom is 0.244 e. The Bertz CT molecular complexity index is 584. The number of hydrogen-bond acceptors (Lipinski definition) is 2. The lowest BCUT2D eigenvalue weighted by molar-refractivity contribution is 0.346. The van der Waals surface area contributed by atoms with Crippen molar-refractivity contribution in [1.29, 1.82) is 0 Å². The van der Waals surface area contributed by atoms with Crippen LogP contribution in [0.4, 0.5) is 0 Å². The average molecular weight is 360 g/mol. The van der Waals surface area contributed by atoms with Crippen molar-refractivity contribution < 1.29 is 8.42 Å². The van der Waals surface area contributed by atoms with Gasteiger partial charge in [0.2, 0.25) is 10.0 Å². The van der Waals surface area contributed by atoms with E-state index in [9.17, 15) is 8.42 Å². The molecule has 0 spiro atoms.